The minimum atomic E-state index is -0.0428. The third-order valence-corrected chi connectivity index (χ3v) is 6.12. The van der Waals surface area contributed by atoms with E-state index in [-0.39, 0.29) is 11.8 Å². The van der Waals surface area contributed by atoms with Crippen LogP contribution in [0.25, 0.3) is 11.3 Å². The lowest BCUT2D eigenvalue weighted by Gasteiger charge is -2.32. The van der Waals surface area contributed by atoms with Gasteiger partial charge in [0.1, 0.15) is 0 Å². The van der Waals surface area contributed by atoms with E-state index < -0.39 is 0 Å². The quantitative estimate of drug-likeness (QED) is 0.629. The van der Waals surface area contributed by atoms with Crippen molar-refractivity contribution in [2.24, 2.45) is 5.92 Å². The number of anilines is 1. The smallest absolute Gasteiger partial charge is 0.233 e. The maximum atomic E-state index is 12.7. The van der Waals surface area contributed by atoms with E-state index in [9.17, 15) is 4.79 Å². The van der Waals surface area contributed by atoms with Gasteiger partial charge in [-0.15, -0.1) is 21.5 Å². The summed E-state index contributed by atoms with van der Waals surface area (Å²) in [4.78, 5) is 19.5. The van der Waals surface area contributed by atoms with Gasteiger partial charge in [-0.1, -0.05) is 30.3 Å². The van der Waals surface area contributed by atoms with Gasteiger partial charge in [-0.05, 0) is 18.9 Å². The molecule has 4 rings (SSSR count). The topological polar surface area (TPSA) is 80.2 Å². The van der Waals surface area contributed by atoms with E-state index in [2.05, 4.69) is 42.9 Å². The first-order valence-electron chi connectivity index (χ1n) is 10.1. The number of nitrogens with zero attached hydrogens (tertiary/aromatic N) is 4. The molecular weight excluding hydrogens is 398 g/mol. The average molecular weight is 424 g/mol. The number of benzene rings is 1. The first-order chi connectivity index (χ1) is 14.7. The van der Waals surface area contributed by atoms with Crippen molar-refractivity contribution in [1.29, 1.82) is 0 Å². The van der Waals surface area contributed by atoms with Crippen LogP contribution in [0.1, 0.15) is 17.8 Å². The Kier molecular flexibility index (Phi) is 6.53. The number of methoxy groups -OCH3 is 1. The van der Waals surface area contributed by atoms with Crippen LogP contribution in [-0.2, 0) is 11.2 Å². The van der Waals surface area contributed by atoms with E-state index in [1.165, 1.54) is 0 Å². The maximum absolute atomic E-state index is 12.7. The van der Waals surface area contributed by atoms with Crippen LogP contribution in [0.5, 0.6) is 5.88 Å². The second-order valence-electron chi connectivity index (χ2n) is 7.25. The van der Waals surface area contributed by atoms with Crippen LogP contribution in [0.15, 0.2) is 47.8 Å². The van der Waals surface area contributed by atoms with Crippen LogP contribution in [0.3, 0.4) is 0 Å². The summed E-state index contributed by atoms with van der Waals surface area (Å²) in [7, 11) is 1.57. The van der Waals surface area contributed by atoms with Crippen molar-refractivity contribution < 1.29 is 9.53 Å². The molecule has 156 valence electrons. The number of ether oxygens (including phenoxy) is 1. The number of piperidine rings is 1. The summed E-state index contributed by atoms with van der Waals surface area (Å²) in [5, 5.41) is 14.4. The average Bonchev–Trinajstić information content (AvgIpc) is 3.29. The van der Waals surface area contributed by atoms with Crippen molar-refractivity contribution in [1.82, 2.24) is 20.5 Å². The second kappa shape index (κ2) is 9.67. The second-order valence-corrected chi connectivity index (χ2v) is 8.20. The number of hydrogen-bond acceptors (Lipinski definition) is 7. The van der Waals surface area contributed by atoms with Gasteiger partial charge >= 0.3 is 0 Å². The molecule has 0 unspecified atom stereocenters. The molecule has 1 N–H and O–H groups in total. The summed E-state index contributed by atoms with van der Waals surface area (Å²) in [5.41, 5.74) is 2.11. The normalized spacial score (nSPS) is 16.3. The fourth-order valence-corrected chi connectivity index (χ4v) is 4.40. The number of carbonyl (C=O) groups excluding carboxylic acids is 1. The largest absolute Gasteiger partial charge is 0.480 e. The minimum Gasteiger partial charge on any atom is -0.480 e. The molecule has 1 amide bonds. The minimum absolute atomic E-state index is 0.0428. The Morgan fingerprint density at radius 1 is 1.23 bits per heavy atom. The van der Waals surface area contributed by atoms with Gasteiger partial charge in [-0.3, -0.25) is 4.79 Å². The van der Waals surface area contributed by atoms with Crippen LogP contribution in [-0.4, -0.2) is 47.8 Å². The Balaban J connectivity index is 1.27. The van der Waals surface area contributed by atoms with Gasteiger partial charge in [-0.2, -0.15) is 0 Å². The molecule has 0 radical (unpaired) electrons. The third-order valence-electron chi connectivity index (χ3n) is 5.21. The van der Waals surface area contributed by atoms with Crippen molar-refractivity contribution in [2.45, 2.75) is 19.3 Å². The van der Waals surface area contributed by atoms with Crippen LogP contribution < -0.4 is 15.0 Å². The number of nitrogens with one attached hydrogen (secondary N) is 1. The van der Waals surface area contributed by atoms with Gasteiger partial charge in [0.25, 0.3) is 0 Å². The molecule has 1 aromatic carbocycles. The molecule has 1 fully saturated rings. The molecule has 0 saturated carbocycles. The molecule has 3 aromatic rings. The highest BCUT2D eigenvalue weighted by atomic mass is 32.1. The Labute approximate surface area is 180 Å². The predicted octanol–water partition coefficient (Wildman–Crippen LogP) is 3.18. The van der Waals surface area contributed by atoms with Crippen molar-refractivity contribution >= 4 is 23.1 Å². The molecule has 0 bridgehead atoms. The summed E-state index contributed by atoms with van der Waals surface area (Å²) in [6, 6.07) is 13.8. The van der Waals surface area contributed by atoms with Crippen molar-refractivity contribution in [3.05, 3.63) is 52.9 Å². The lowest BCUT2D eigenvalue weighted by Crippen LogP contribution is -2.43. The van der Waals surface area contributed by atoms with Crippen LogP contribution >= 0.6 is 11.3 Å². The molecule has 1 atom stereocenters. The number of thiazole rings is 1. The molecule has 1 aliphatic heterocycles. The van der Waals surface area contributed by atoms with E-state index in [0.717, 1.165) is 47.9 Å². The SMILES string of the molecule is COc1ccc(N2CCC[C@@H](C(=O)NCCc3nc(-c4ccccc4)cs3)C2)nn1. The molecule has 1 saturated heterocycles. The number of hydrogen-bond donors (Lipinski definition) is 1. The molecule has 0 spiro atoms. The molecular formula is C22H25N5O2S. The standard InChI is InChI=1S/C22H25N5O2S/c1-29-20-10-9-19(25-26-20)27-13-5-8-17(14-27)22(28)23-12-11-21-24-18(15-30-21)16-6-3-2-4-7-16/h2-4,6-7,9-10,15,17H,5,8,11-14H2,1H3,(H,23,28)/t17-/m1/s1. The van der Waals surface area contributed by atoms with E-state index in [0.29, 0.717) is 19.0 Å². The van der Waals surface area contributed by atoms with Crippen molar-refractivity contribution in [2.75, 3.05) is 31.6 Å². The highest BCUT2D eigenvalue weighted by molar-refractivity contribution is 7.09. The molecule has 3 heterocycles. The Bertz CT molecular complexity index is 961. The fraction of sp³-hybridized carbons (Fsp3) is 0.364. The Morgan fingerprint density at radius 3 is 2.87 bits per heavy atom. The summed E-state index contributed by atoms with van der Waals surface area (Å²) in [5.74, 6) is 1.33. The number of amides is 1. The Morgan fingerprint density at radius 2 is 2.10 bits per heavy atom. The lowest BCUT2D eigenvalue weighted by molar-refractivity contribution is -0.125. The predicted molar refractivity (Wildman–Crippen MR) is 118 cm³/mol. The molecule has 2 aromatic heterocycles. The summed E-state index contributed by atoms with van der Waals surface area (Å²) in [6.45, 7) is 2.13. The molecule has 8 heteroatoms. The van der Waals surface area contributed by atoms with E-state index >= 15 is 0 Å². The van der Waals surface area contributed by atoms with Crippen LogP contribution in [0.2, 0.25) is 0 Å². The summed E-state index contributed by atoms with van der Waals surface area (Å²) in [6.07, 6.45) is 2.59. The van der Waals surface area contributed by atoms with E-state index in [1.54, 1.807) is 24.5 Å². The number of carbonyl (C=O) groups is 1. The molecule has 0 aliphatic carbocycles. The van der Waals surface area contributed by atoms with Gasteiger partial charge in [0, 0.05) is 43.1 Å². The van der Waals surface area contributed by atoms with Crippen molar-refractivity contribution in [3.8, 4) is 17.1 Å². The highest BCUT2D eigenvalue weighted by Crippen LogP contribution is 2.23. The Hall–Kier alpha value is -3.00. The fourth-order valence-electron chi connectivity index (χ4n) is 3.59. The van der Waals surface area contributed by atoms with Gasteiger partial charge in [0.2, 0.25) is 11.8 Å². The number of rotatable bonds is 7. The zero-order chi connectivity index (χ0) is 20.8. The maximum Gasteiger partial charge on any atom is 0.233 e. The summed E-state index contributed by atoms with van der Waals surface area (Å²) >= 11 is 1.64. The zero-order valence-corrected chi connectivity index (χ0v) is 17.8. The van der Waals surface area contributed by atoms with E-state index in [4.69, 9.17) is 4.74 Å². The van der Waals surface area contributed by atoms with Gasteiger partial charge in [-0.25, -0.2) is 4.98 Å². The zero-order valence-electron chi connectivity index (χ0n) is 17.0. The van der Waals surface area contributed by atoms with Gasteiger partial charge in [0.15, 0.2) is 5.82 Å². The van der Waals surface area contributed by atoms with Crippen molar-refractivity contribution in [3.63, 3.8) is 0 Å². The monoisotopic (exact) mass is 423 g/mol. The highest BCUT2D eigenvalue weighted by Gasteiger charge is 2.26. The molecule has 30 heavy (non-hydrogen) atoms. The van der Waals surface area contributed by atoms with E-state index in [1.807, 2.05) is 24.3 Å². The van der Waals surface area contributed by atoms with Gasteiger partial charge in [0.05, 0.1) is 23.7 Å². The molecule has 7 nitrogen and oxygen atoms in total. The number of aromatic nitrogens is 3. The van der Waals surface area contributed by atoms with Gasteiger partial charge < -0.3 is 15.0 Å². The van der Waals surface area contributed by atoms with Crippen LogP contribution in [0, 0.1) is 5.92 Å². The first-order valence-corrected chi connectivity index (χ1v) is 11.0. The van der Waals surface area contributed by atoms with Crippen LogP contribution in [0.4, 0.5) is 5.82 Å². The first kappa shape index (κ1) is 20.3. The lowest BCUT2D eigenvalue weighted by atomic mass is 9.97. The summed E-state index contributed by atoms with van der Waals surface area (Å²) < 4.78 is 5.06. The third kappa shape index (κ3) is 4.94. The molecule has 1 aliphatic rings.